The van der Waals surface area contributed by atoms with Gasteiger partial charge in [0, 0.05) is 23.6 Å². The lowest BCUT2D eigenvalue weighted by molar-refractivity contribution is 0.350. The molecule has 0 saturated carbocycles. The number of sulfonamides is 1. The van der Waals surface area contributed by atoms with Crippen molar-refractivity contribution in [2.75, 3.05) is 11.3 Å². The van der Waals surface area contributed by atoms with E-state index in [1.807, 2.05) is 0 Å². The molecule has 2 aromatic rings. The Morgan fingerprint density at radius 2 is 1.95 bits per heavy atom. The Labute approximate surface area is 117 Å². The predicted molar refractivity (Wildman–Crippen MR) is 75.5 cm³/mol. The van der Waals surface area contributed by atoms with E-state index >= 15 is 0 Å². The first-order valence-electron chi connectivity index (χ1n) is 5.74. The van der Waals surface area contributed by atoms with Crippen LogP contribution < -0.4 is 4.72 Å². The minimum atomic E-state index is -3.63. The van der Waals surface area contributed by atoms with Crippen LogP contribution in [0.4, 0.5) is 5.69 Å². The Kier molecular flexibility index (Phi) is 4.35. The second kappa shape index (κ2) is 6.19. The highest BCUT2D eigenvalue weighted by molar-refractivity contribution is 7.92. The molecule has 0 aliphatic heterocycles. The molecule has 0 spiro atoms. The molecule has 0 bridgehead atoms. The summed E-state index contributed by atoms with van der Waals surface area (Å²) in [7, 11) is -3.63. The third-order valence-electron chi connectivity index (χ3n) is 2.39. The van der Waals surface area contributed by atoms with Crippen LogP contribution in [0.2, 0.25) is 0 Å². The summed E-state index contributed by atoms with van der Waals surface area (Å²) in [5.74, 6) is 5.25. The zero-order chi connectivity index (χ0) is 14.4. The second-order valence-corrected chi connectivity index (χ2v) is 5.51. The van der Waals surface area contributed by atoms with Gasteiger partial charge in [0.25, 0.3) is 10.0 Å². The molecular formula is C14H12N2O3S. The Bertz CT molecular complexity index is 729. The highest BCUT2D eigenvalue weighted by atomic mass is 32.2. The number of nitrogens with one attached hydrogen (secondary N) is 1. The molecule has 1 heterocycles. The maximum Gasteiger partial charge on any atom is 0.263 e. The van der Waals surface area contributed by atoms with Crippen molar-refractivity contribution in [2.24, 2.45) is 0 Å². The van der Waals surface area contributed by atoms with E-state index in [0.29, 0.717) is 11.3 Å². The maximum absolute atomic E-state index is 12.0. The highest BCUT2D eigenvalue weighted by Gasteiger charge is 2.13. The van der Waals surface area contributed by atoms with Gasteiger partial charge in [-0.1, -0.05) is 11.8 Å². The first-order chi connectivity index (χ1) is 9.62. The molecule has 0 amide bonds. The van der Waals surface area contributed by atoms with Gasteiger partial charge in [-0.3, -0.25) is 9.71 Å². The first kappa shape index (κ1) is 14.1. The number of nitrogens with zero attached hydrogens (tertiary/aromatic N) is 1. The summed E-state index contributed by atoms with van der Waals surface area (Å²) in [5.41, 5.74) is 1.13. The normalized spacial score (nSPS) is 10.4. The van der Waals surface area contributed by atoms with Crippen molar-refractivity contribution in [1.82, 2.24) is 4.98 Å². The monoisotopic (exact) mass is 288 g/mol. The molecule has 6 heteroatoms. The van der Waals surface area contributed by atoms with E-state index in [1.165, 1.54) is 18.5 Å². The van der Waals surface area contributed by atoms with E-state index in [-0.39, 0.29) is 11.5 Å². The minimum Gasteiger partial charge on any atom is -0.384 e. The number of hydrogen-bond donors (Lipinski definition) is 2. The van der Waals surface area contributed by atoms with Gasteiger partial charge in [-0.25, -0.2) is 8.42 Å². The molecule has 0 aliphatic carbocycles. The molecule has 0 atom stereocenters. The molecule has 1 aromatic carbocycles. The van der Waals surface area contributed by atoms with Crippen molar-refractivity contribution in [3.8, 4) is 11.8 Å². The lowest BCUT2D eigenvalue weighted by Gasteiger charge is -2.07. The van der Waals surface area contributed by atoms with Gasteiger partial charge in [-0.05, 0) is 36.4 Å². The van der Waals surface area contributed by atoms with E-state index in [9.17, 15) is 8.42 Å². The van der Waals surface area contributed by atoms with Crippen molar-refractivity contribution < 1.29 is 13.5 Å². The van der Waals surface area contributed by atoms with Gasteiger partial charge in [0.2, 0.25) is 0 Å². The predicted octanol–water partition coefficient (Wildman–Crippen LogP) is 1.23. The van der Waals surface area contributed by atoms with Crippen LogP contribution in [0, 0.1) is 11.8 Å². The summed E-state index contributed by atoms with van der Waals surface area (Å²) >= 11 is 0. The number of pyridine rings is 1. The third-order valence-corrected chi connectivity index (χ3v) is 3.76. The fourth-order valence-corrected chi connectivity index (χ4v) is 2.50. The molecule has 2 N–H and O–H groups in total. The van der Waals surface area contributed by atoms with E-state index < -0.39 is 10.0 Å². The fraction of sp³-hybridized carbons (Fsp3) is 0.0714. The number of aromatic nitrogens is 1. The number of aliphatic hydroxyl groups is 1. The van der Waals surface area contributed by atoms with Crippen LogP contribution in [0.5, 0.6) is 0 Å². The van der Waals surface area contributed by atoms with Gasteiger partial charge < -0.3 is 5.11 Å². The van der Waals surface area contributed by atoms with Gasteiger partial charge in [-0.15, -0.1) is 0 Å². The zero-order valence-electron chi connectivity index (χ0n) is 10.4. The number of benzene rings is 1. The SMILES string of the molecule is O=S(=O)(Nc1ccc(C#CCO)cc1)c1cccnc1. The van der Waals surface area contributed by atoms with Crippen LogP contribution in [-0.2, 0) is 10.0 Å². The molecule has 1 aromatic heterocycles. The molecule has 0 aliphatic rings. The minimum absolute atomic E-state index is 0.101. The average Bonchev–Trinajstić information content (AvgIpc) is 2.47. The smallest absolute Gasteiger partial charge is 0.263 e. The Morgan fingerprint density at radius 3 is 2.55 bits per heavy atom. The van der Waals surface area contributed by atoms with Crippen LogP contribution in [0.1, 0.15) is 5.56 Å². The van der Waals surface area contributed by atoms with Gasteiger partial charge in [-0.2, -0.15) is 0 Å². The Morgan fingerprint density at radius 1 is 1.20 bits per heavy atom. The lowest BCUT2D eigenvalue weighted by atomic mass is 10.2. The van der Waals surface area contributed by atoms with E-state index in [4.69, 9.17) is 5.11 Å². The van der Waals surface area contributed by atoms with Crippen LogP contribution >= 0.6 is 0 Å². The molecule has 5 nitrogen and oxygen atoms in total. The van der Waals surface area contributed by atoms with Gasteiger partial charge in [0.1, 0.15) is 11.5 Å². The first-order valence-corrected chi connectivity index (χ1v) is 7.23. The van der Waals surface area contributed by atoms with Crippen LogP contribution in [0.15, 0.2) is 53.7 Å². The second-order valence-electron chi connectivity index (χ2n) is 3.83. The van der Waals surface area contributed by atoms with Crippen molar-refractivity contribution >= 4 is 15.7 Å². The number of rotatable bonds is 3. The molecule has 0 unspecified atom stereocenters. The summed E-state index contributed by atoms with van der Waals surface area (Å²) < 4.78 is 26.5. The van der Waals surface area contributed by atoms with Gasteiger partial charge in [0.05, 0.1) is 0 Å². The van der Waals surface area contributed by atoms with Crippen molar-refractivity contribution in [3.05, 3.63) is 54.4 Å². The zero-order valence-corrected chi connectivity index (χ0v) is 11.3. The van der Waals surface area contributed by atoms with Crippen LogP contribution in [-0.4, -0.2) is 25.1 Å². The Balaban J connectivity index is 2.18. The molecule has 0 saturated heterocycles. The largest absolute Gasteiger partial charge is 0.384 e. The lowest BCUT2D eigenvalue weighted by Crippen LogP contribution is -2.12. The summed E-state index contributed by atoms with van der Waals surface area (Å²) in [6, 6.07) is 9.58. The van der Waals surface area contributed by atoms with Crippen molar-refractivity contribution in [3.63, 3.8) is 0 Å². The standard InChI is InChI=1S/C14H12N2O3S/c17-10-2-3-12-5-7-13(8-6-12)16-20(18,19)14-4-1-9-15-11-14/h1,4-9,11,16-17H,10H2. The van der Waals surface area contributed by atoms with Crippen LogP contribution in [0.25, 0.3) is 0 Å². The summed E-state index contributed by atoms with van der Waals surface area (Å²) in [5, 5.41) is 8.59. The summed E-state index contributed by atoms with van der Waals surface area (Å²) in [6.07, 6.45) is 2.79. The maximum atomic E-state index is 12.0. The number of anilines is 1. The van der Waals surface area contributed by atoms with Gasteiger partial charge in [0.15, 0.2) is 0 Å². The molecule has 102 valence electrons. The van der Waals surface area contributed by atoms with Crippen LogP contribution in [0.3, 0.4) is 0 Å². The molecule has 20 heavy (non-hydrogen) atoms. The summed E-state index contributed by atoms with van der Waals surface area (Å²) in [6.45, 7) is -0.213. The highest BCUT2D eigenvalue weighted by Crippen LogP contribution is 2.15. The number of hydrogen-bond acceptors (Lipinski definition) is 4. The van der Waals surface area contributed by atoms with E-state index in [2.05, 4.69) is 21.5 Å². The van der Waals surface area contributed by atoms with E-state index in [0.717, 1.165) is 0 Å². The molecule has 2 rings (SSSR count). The fourth-order valence-electron chi connectivity index (χ4n) is 1.48. The molecule has 0 fully saturated rings. The number of aliphatic hydroxyl groups excluding tert-OH is 1. The molecule has 0 radical (unpaired) electrons. The average molecular weight is 288 g/mol. The van der Waals surface area contributed by atoms with Crippen molar-refractivity contribution in [2.45, 2.75) is 4.90 Å². The third kappa shape index (κ3) is 3.57. The quantitative estimate of drug-likeness (QED) is 0.832. The van der Waals surface area contributed by atoms with E-state index in [1.54, 1.807) is 30.3 Å². The molecular weight excluding hydrogens is 276 g/mol. The Hall–Kier alpha value is -2.36. The topological polar surface area (TPSA) is 79.3 Å². The summed E-state index contributed by atoms with van der Waals surface area (Å²) in [4.78, 5) is 3.88. The van der Waals surface area contributed by atoms with Gasteiger partial charge >= 0.3 is 0 Å². The van der Waals surface area contributed by atoms with Crippen molar-refractivity contribution in [1.29, 1.82) is 0 Å².